The van der Waals surface area contributed by atoms with E-state index in [2.05, 4.69) is 26.6 Å². The van der Waals surface area contributed by atoms with Crippen molar-refractivity contribution in [3.63, 3.8) is 0 Å². The first-order chi connectivity index (χ1) is 14.5. The minimum atomic E-state index is -4.42. The van der Waals surface area contributed by atoms with E-state index in [9.17, 15) is 13.2 Å². The van der Waals surface area contributed by atoms with Crippen LogP contribution in [0.15, 0.2) is 41.9 Å². The smallest absolute Gasteiger partial charge is 0.356 e. The minimum absolute atomic E-state index is 0.344. The maximum Gasteiger partial charge on any atom is 0.433 e. The summed E-state index contributed by atoms with van der Waals surface area (Å²) < 4.78 is 39.1. The van der Waals surface area contributed by atoms with E-state index in [1.807, 2.05) is 22.5 Å². The number of H-pyrrole nitrogens is 1. The van der Waals surface area contributed by atoms with Crippen LogP contribution in [0.3, 0.4) is 0 Å². The third kappa shape index (κ3) is 3.72. The Balaban J connectivity index is 1.25. The fraction of sp³-hybridized carbons (Fsp3) is 0.429. The number of halogens is 3. The lowest BCUT2D eigenvalue weighted by molar-refractivity contribution is -0.141. The lowest BCUT2D eigenvalue weighted by atomic mass is 9.97. The monoisotopic (exact) mass is 433 g/mol. The van der Waals surface area contributed by atoms with Crippen LogP contribution in [0.4, 0.5) is 19.0 Å². The van der Waals surface area contributed by atoms with Gasteiger partial charge in [0.2, 0.25) is 0 Å². The van der Waals surface area contributed by atoms with E-state index in [-0.39, 0.29) is 0 Å². The van der Waals surface area contributed by atoms with Crippen molar-refractivity contribution in [2.75, 3.05) is 18.0 Å². The predicted molar refractivity (Wildman–Crippen MR) is 110 cm³/mol. The molecule has 1 aliphatic heterocycles. The molecule has 5 rings (SSSR count). The Bertz CT molecular complexity index is 1000. The lowest BCUT2D eigenvalue weighted by Crippen LogP contribution is -2.35. The Hall–Kier alpha value is -2.39. The second-order valence-corrected chi connectivity index (χ2v) is 8.97. The zero-order chi connectivity index (χ0) is 20.7. The highest BCUT2D eigenvalue weighted by Crippen LogP contribution is 2.40. The Labute approximate surface area is 176 Å². The Morgan fingerprint density at radius 1 is 1.17 bits per heavy atom. The number of aromatic amines is 1. The summed E-state index contributed by atoms with van der Waals surface area (Å²) in [6.07, 6.45) is -0.380. The number of fused-ring (bicyclic) bond motifs is 1. The standard InChI is InChI=1S/C21H22F3N5S/c22-21(23,24)18-4-1-5-19(27-18)29-11-13-6-7-16(15(13)12-29)25-9-14-10-26-28-20(14)17-3-2-8-30-17/h1-5,8,10,13,15-16,25H,6-7,9,11-12H2,(H,26,28). The van der Waals surface area contributed by atoms with Crippen molar-refractivity contribution >= 4 is 17.2 Å². The summed E-state index contributed by atoms with van der Waals surface area (Å²) in [5, 5.41) is 13.0. The first kappa shape index (κ1) is 19.6. The van der Waals surface area contributed by atoms with E-state index in [0.29, 0.717) is 23.7 Å². The number of hydrogen-bond donors (Lipinski definition) is 2. The fourth-order valence-electron chi connectivity index (χ4n) is 4.78. The lowest BCUT2D eigenvalue weighted by Gasteiger charge is -2.23. The first-order valence-corrected chi connectivity index (χ1v) is 11.0. The largest absolute Gasteiger partial charge is 0.433 e. The van der Waals surface area contributed by atoms with Crippen LogP contribution in [0.1, 0.15) is 24.1 Å². The minimum Gasteiger partial charge on any atom is -0.356 e. The van der Waals surface area contributed by atoms with Gasteiger partial charge in [-0.05, 0) is 48.3 Å². The number of aromatic nitrogens is 3. The van der Waals surface area contributed by atoms with Gasteiger partial charge in [0.15, 0.2) is 0 Å². The van der Waals surface area contributed by atoms with Crippen molar-refractivity contribution in [2.24, 2.45) is 11.8 Å². The quantitative estimate of drug-likeness (QED) is 0.620. The Morgan fingerprint density at radius 3 is 2.87 bits per heavy atom. The van der Waals surface area contributed by atoms with Crippen LogP contribution in [0.5, 0.6) is 0 Å². The molecule has 3 atom stereocenters. The summed E-state index contributed by atoms with van der Waals surface area (Å²) in [5.74, 6) is 1.33. The molecule has 9 heteroatoms. The molecule has 0 aromatic carbocycles. The first-order valence-electron chi connectivity index (χ1n) is 10.1. The molecule has 1 saturated heterocycles. The molecule has 3 aromatic rings. The molecular weight excluding hydrogens is 411 g/mol. The van der Waals surface area contributed by atoms with Crippen molar-refractivity contribution in [3.8, 4) is 10.6 Å². The Morgan fingerprint density at radius 2 is 2.07 bits per heavy atom. The molecule has 1 saturated carbocycles. The molecule has 0 bridgehead atoms. The molecule has 2 fully saturated rings. The summed E-state index contributed by atoms with van der Waals surface area (Å²) >= 11 is 1.68. The molecule has 0 radical (unpaired) electrons. The Kier molecular flexibility index (Phi) is 5.02. The van der Waals surface area contributed by atoms with E-state index in [1.165, 1.54) is 6.07 Å². The van der Waals surface area contributed by atoms with Crippen molar-refractivity contribution in [1.82, 2.24) is 20.5 Å². The van der Waals surface area contributed by atoms with Crippen molar-refractivity contribution < 1.29 is 13.2 Å². The number of pyridine rings is 1. The third-order valence-electron chi connectivity index (χ3n) is 6.25. The molecule has 2 aliphatic rings. The summed E-state index contributed by atoms with van der Waals surface area (Å²) in [5.41, 5.74) is 1.36. The number of hydrogen-bond acceptors (Lipinski definition) is 5. The van der Waals surface area contributed by atoms with Gasteiger partial charge < -0.3 is 10.2 Å². The normalized spacial score (nSPS) is 23.8. The summed E-state index contributed by atoms with van der Waals surface area (Å²) in [6, 6.07) is 8.59. The van der Waals surface area contributed by atoms with Crippen LogP contribution in [0.25, 0.3) is 10.6 Å². The van der Waals surface area contributed by atoms with E-state index < -0.39 is 11.9 Å². The molecule has 4 heterocycles. The van der Waals surface area contributed by atoms with Crippen molar-refractivity contribution in [1.29, 1.82) is 0 Å². The average molecular weight is 434 g/mol. The highest BCUT2D eigenvalue weighted by molar-refractivity contribution is 7.13. The number of anilines is 1. The van der Waals surface area contributed by atoms with Crippen LogP contribution in [-0.4, -0.2) is 34.3 Å². The molecule has 5 nitrogen and oxygen atoms in total. The van der Waals surface area contributed by atoms with E-state index >= 15 is 0 Å². The molecule has 30 heavy (non-hydrogen) atoms. The molecule has 3 aromatic heterocycles. The number of thiophene rings is 1. The van der Waals surface area contributed by atoms with E-state index in [0.717, 1.165) is 54.7 Å². The molecular formula is C21H22F3N5S. The maximum absolute atomic E-state index is 13.0. The number of nitrogens with one attached hydrogen (secondary N) is 2. The van der Waals surface area contributed by atoms with Crippen molar-refractivity contribution in [3.05, 3.63) is 53.2 Å². The highest BCUT2D eigenvalue weighted by Gasteiger charge is 2.43. The van der Waals surface area contributed by atoms with Gasteiger partial charge in [-0.3, -0.25) is 5.10 Å². The number of alkyl halides is 3. The molecule has 0 amide bonds. The highest BCUT2D eigenvalue weighted by atomic mass is 32.1. The number of nitrogens with zero attached hydrogens (tertiary/aromatic N) is 3. The van der Waals surface area contributed by atoms with Crippen LogP contribution in [0.2, 0.25) is 0 Å². The maximum atomic E-state index is 13.0. The summed E-state index contributed by atoms with van der Waals surface area (Å²) in [6.45, 7) is 2.22. The SMILES string of the molecule is FC(F)(F)c1cccc(N2CC3CCC(NCc4cn[nH]c4-c4cccs4)C3C2)n1. The summed E-state index contributed by atoms with van der Waals surface area (Å²) in [4.78, 5) is 7.04. The van der Waals surface area contributed by atoms with Gasteiger partial charge >= 0.3 is 6.18 Å². The third-order valence-corrected chi connectivity index (χ3v) is 7.13. The second kappa shape index (κ2) is 7.70. The van der Waals surface area contributed by atoms with Crippen LogP contribution in [-0.2, 0) is 12.7 Å². The average Bonchev–Trinajstić information content (AvgIpc) is 3.49. The summed E-state index contributed by atoms with van der Waals surface area (Å²) in [7, 11) is 0. The molecule has 1 aliphatic carbocycles. The molecule has 2 N–H and O–H groups in total. The van der Waals surface area contributed by atoms with Gasteiger partial charge in [-0.15, -0.1) is 11.3 Å². The topological polar surface area (TPSA) is 56.8 Å². The van der Waals surface area contributed by atoms with Crippen LogP contribution >= 0.6 is 11.3 Å². The fourth-order valence-corrected chi connectivity index (χ4v) is 5.54. The molecule has 158 valence electrons. The number of rotatable bonds is 5. The van der Waals surface area contributed by atoms with Gasteiger partial charge in [0, 0.05) is 31.2 Å². The van der Waals surface area contributed by atoms with E-state index in [4.69, 9.17) is 0 Å². The predicted octanol–water partition coefficient (Wildman–Crippen LogP) is 4.56. The van der Waals surface area contributed by atoms with Gasteiger partial charge in [-0.2, -0.15) is 18.3 Å². The second-order valence-electron chi connectivity index (χ2n) is 8.02. The van der Waals surface area contributed by atoms with Crippen molar-refractivity contribution in [2.45, 2.75) is 31.6 Å². The zero-order valence-corrected chi connectivity index (χ0v) is 17.0. The zero-order valence-electron chi connectivity index (χ0n) is 16.2. The van der Waals surface area contributed by atoms with Gasteiger partial charge in [0.1, 0.15) is 11.5 Å². The van der Waals surface area contributed by atoms with Gasteiger partial charge in [0.25, 0.3) is 0 Å². The van der Waals surface area contributed by atoms with Gasteiger partial charge in [-0.25, -0.2) is 4.98 Å². The van der Waals surface area contributed by atoms with Gasteiger partial charge in [-0.1, -0.05) is 12.1 Å². The van der Waals surface area contributed by atoms with Crippen LogP contribution < -0.4 is 10.2 Å². The van der Waals surface area contributed by atoms with Gasteiger partial charge in [0.05, 0.1) is 16.8 Å². The van der Waals surface area contributed by atoms with Crippen LogP contribution in [0, 0.1) is 11.8 Å². The van der Waals surface area contributed by atoms with E-state index in [1.54, 1.807) is 17.4 Å². The molecule has 0 spiro atoms. The molecule has 3 unspecified atom stereocenters.